The van der Waals surface area contributed by atoms with Crippen LogP contribution < -0.4 is 0 Å². The molecular formula is C30H18ClF6N3. The molecule has 40 heavy (non-hydrogen) atoms. The first-order valence-corrected chi connectivity index (χ1v) is 12.5. The van der Waals surface area contributed by atoms with Crippen molar-refractivity contribution in [1.29, 1.82) is 0 Å². The van der Waals surface area contributed by atoms with Gasteiger partial charge in [-0.25, -0.2) is 13.2 Å². The quantitative estimate of drug-likeness (QED) is 0.190. The van der Waals surface area contributed by atoms with E-state index in [9.17, 15) is 26.3 Å². The topological polar surface area (TPSA) is 22.8 Å². The fraction of sp³-hybridized carbons (Fsp3) is 0.100. The lowest BCUT2D eigenvalue weighted by molar-refractivity contribution is -0.136. The molecule has 0 saturated carbocycles. The fourth-order valence-corrected chi connectivity index (χ4v) is 5.05. The molecule has 2 heterocycles. The summed E-state index contributed by atoms with van der Waals surface area (Å²) in [5.74, 6) is -3.42. The Morgan fingerprint density at radius 3 is 2.23 bits per heavy atom. The highest BCUT2D eigenvalue weighted by atomic mass is 35.5. The molecule has 0 fully saturated rings. The molecule has 4 aromatic carbocycles. The van der Waals surface area contributed by atoms with Crippen LogP contribution in [0.2, 0.25) is 5.02 Å². The molecule has 0 amide bonds. The van der Waals surface area contributed by atoms with E-state index in [-0.39, 0.29) is 16.6 Å². The maximum atomic E-state index is 14.6. The van der Waals surface area contributed by atoms with Crippen molar-refractivity contribution in [2.24, 2.45) is 0 Å². The van der Waals surface area contributed by atoms with Crippen molar-refractivity contribution in [3.63, 3.8) is 0 Å². The normalized spacial score (nSPS) is 12.1. The minimum atomic E-state index is -4.71. The second-order valence-electron chi connectivity index (χ2n) is 9.40. The van der Waals surface area contributed by atoms with Crippen molar-refractivity contribution >= 4 is 33.4 Å². The lowest BCUT2D eigenvalue weighted by Gasteiger charge is -2.12. The zero-order chi connectivity index (χ0) is 28.2. The molecule has 202 valence electrons. The van der Waals surface area contributed by atoms with Crippen molar-refractivity contribution in [3.05, 3.63) is 124 Å². The Balaban J connectivity index is 1.54. The summed E-state index contributed by atoms with van der Waals surface area (Å²) >= 11 is 6.00. The summed E-state index contributed by atoms with van der Waals surface area (Å²) in [6, 6.07) is 19.3. The van der Waals surface area contributed by atoms with Gasteiger partial charge in [0.25, 0.3) is 0 Å². The SMILES string of the molecule is Fc1cc(F)c(Cn2nc3c(C(F)(F)F)cccc3c2-c2ccc3ccn(Cc4ccc(Cl)cc4)c3c2)c(F)c1. The highest BCUT2D eigenvalue weighted by Gasteiger charge is 2.34. The molecule has 0 aliphatic rings. The molecule has 0 spiro atoms. The summed E-state index contributed by atoms with van der Waals surface area (Å²) in [4.78, 5) is 0. The lowest BCUT2D eigenvalue weighted by Crippen LogP contribution is -2.09. The van der Waals surface area contributed by atoms with Crippen molar-refractivity contribution in [2.45, 2.75) is 19.3 Å². The van der Waals surface area contributed by atoms with Crippen molar-refractivity contribution in [3.8, 4) is 11.3 Å². The average Bonchev–Trinajstić information content (AvgIpc) is 3.47. The standard InChI is InChI=1S/C30H18ClF6N3/c31-20-8-4-17(5-9-20)15-39-11-10-18-6-7-19(12-27(18)39)29-22-2-1-3-24(30(35,36)37)28(22)38-40(29)16-23-25(33)13-21(32)14-26(23)34/h1-14H,15-16H2. The largest absolute Gasteiger partial charge is 0.418 e. The lowest BCUT2D eigenvalue weighted by atomic mass is 10.0. The van der Waals surface area contributed by atoms with Crippen LogP contribution in [0.25, 0.3) is 33.1 Å². The maximum absolute atomic E-state index is 14.6. The molecule has 0 N–H and O–H groups in total. The van der Waals surface area contributed by atoms with Crippen LogP contribution in [-0.4, -0.2) is 14.3 Å². The first-order valence-electron chi connectivity index (χ1n) is 12.1. The van der Waals surface area contributed by atoms with Gasteiger partial charge in [-0.1, -0.05) is 48.0 Å². The average molecular weight is 570 g/mol. The van der Waals surface area contributed by atoms with Gasteiger partial charge in [0.15, 0.2) is 0 Å². The molecule has 0 atom stereocenters. The van der Waals surface area contributed by atoms with Gasteiger partial charge in [-0.3, -0.25) is 4.68 Å². The number of rotatable bonds is 5. The Hall–Kier alpha value is -4.24. The zero-order valence-electron chi connectivity index (χ0n) is 20.5. The Morgan fingerprint density at radius 1 is 0.800 bits per heavy atom. The maximum Gasteiger partial charge on any atom is 0.418 e. The van der Waals surface area contributed by atoms with Gasteiger partial charge in [0.1, 0.15) is 23.0 Å². The monoisotopic (exact) mass is 569 g/mol. The number of benzene rings is 4. The molecule has 0 saturated heterocycles. The van der Waals surface area contributed by atoms with Gasteiger partial charge in [0.2, 0.25) is 0 Å². The van der Waals surface area contributed by atoms with E-state index in [0.717, 1.165) is 27.2 Å². The molecule has 10 heteroatoms. The van der Waals surface area contributed by atoms with E-state index in [1.807, 2.05) is 35.0 Å². The van der Waals surface area contributed by atoms with Crippen molar-refractivity contribution < 1.29 is 26.3 Å². The number of aromatic nitrogens is 3. The van der Waals surface area contributed by atoms with E-state index in [1.165, 1.54) is 12.1 Å². The number of fused-ring (bicyclic) bond motifs is 2. The highest BCUT2D eigenvalue weighted by Crippen LogP contribution is 2.39. The Labute approximate surface area is 228 Å². The van der Waals surface area contributed by atoms with Crippen LogP contribution in [0.4, 0.5) is 26.3 Å². The number of alkyl halides is 3. The number of nitrogens with zero attached hydrogens (tertiary/aromatic N) is 3. The Kier molecular flexibility index (Phi) is 6.34. The van der Waals surface area contributed by atoms with Gasteiger partial charge in [-0.15, -0.1) is 0 Å². The Morgan fingerprint density at radius 2 is 1.52 bits per heavy atom. The zero-order valence-corrected chi connectivity index (χ0v) is 21.2. The van der Waals surface area contributed by atoms with Crippen LogP contribution in [0.3, 0.4) is 0 Å². The molecule has 3 nitrogen and oxygen atoms in total. The van der Waals surface area contributed by atoms with Gasteiger partial charge in [-0.05, 0) is 41.3 Å². The predicted octanol–water partition coefficient (Wildman–Crippen LogP) is 8.84. The van der Waals surface area contributed by atoms with Gasteiger partial charge in [0, 0.05) is 51.9 Å². The van der Waals surface area contributed by atoms with Crippen LogP contribution in [0.5, 0.6) is 0 Å². The molecule has 2 aromatic heterocycles. The molecular weight excluding hydrogens is 552 g/mol. The second kappa shape index (κ2) is 9.75. The summed E-state index contributed by atoms with van der Waals surface area (Å²) in [6.45, 7) is -0.0442. The minimum Gasteiger partial charge on any atom is -0.343 e. The minimum absolute atomic E-state index is 0.160. The number of halogens is 7. The number of hydrogen-bond acceptors (Lipinski definition) is 1. The van der Waals surface area contributed by atoms with Crippen LogP contribution in [0.15, 0.2) is 85.1 Å². The predicted molar refractivity (Wildman–Crippen MR) is 142 cm³/mol. The summed E-state index contributed by atoms with van der Waals surface area (Å²) in [5.41, 5.74) is 0.663. The number of hydrogen-bond donors (Lipinski definition) is 0. The third-order valence-electron chi connectivity index (χ3n) is 6.80. The molecule has 0 radical (unpaired) electrons. The van der Waals surface area contributed by atoms with Crippen LogP contribution in [-0.2, 0) is 19.3 Å². The van der Waals surface area contributed by atoms with Gasteiger partial charge in [0.05, 0.1) is 17.8 Å². The van der Waals surface area contributed by atoms with E-state index in [4.69, 9.17) is 11.6 Å². The first kappa shape index (κ1) is 26.0. The second-order valence-corrected chi connectivity index (χ2v) is 9.83. The van der Waals surface area contributed by atoms with E-state index in [0.29, 0.717) is 29.3 Å². The van der Waals surface area contributed by atoms with Crippen LogP contribution >= 0.6 is 11.6 Å². The molecule has 0 bridgehead atoms. The van der Waals surface area contributed by atoms with Crippen molar-refractivity contribution in [1.82, 2.24) is 14.3 Å². The molecule has 0 aliphatic carbocycles. The van der Waals surface area contributed by atoms with Gasteiger partial charge in [-0.2, -0.15) is 18.3 Å². The highest BCUT2D eigenvalue weighted by molar-refractivity contribution is 6.30. The smallest absolute Gasteiger partial charge is 0.343 e. The van der Waals surface area contributed by atoms with Gasteiger partial charge < -0.3 is 4.57 Å². The van der Waals surface area contributed by atoms with Crippen molar-refractivity contribution in [2.75, 3.05) is 0 Å². The summed E-state index contributed by atoms with van der Waals surface area (Å²) in [6.07, 6.45) is -2.82. The van der Waals surface area contributed by atoms with Crippen LogP contribution in [0.1, 0.15) is 16.7 Å². The first-order chi connectivity index (χ1) is 19.1. The van der Waals surface area contributed by atoms with Gasteiger partial charge >= 0.3 is 6.18 Å². The summed E-state index contributed by atoms with van der Waals surface area (Å²) in [7, 11) is 0. The Bertz CT molecular complexity index is 1860. The summed E-state index contributed by atoms with van der Waals surface area (Å²) in [5, 5.41) is 5.83. The molecule has 6 rings (SSSR count). The third-order valence-corrected chi connectivity index (χ3v) is 7.05. The molecule has 0 aliphatic heterocycles. The van der Waals surface area contributed by atoms with E-state index in [1.54, 1.807) is 24.3 Å². The molecule has 6 aromatic rings. The van der Waals surface area contributed by atoms with Crippen LogP contribution in [0, 0.1) is 17.5 Å². The van der Waals surface area contributed by atoms with E-state index in [2.05, 4.69) is 5.10 Å². The third kappa shape index (κ3) is 4.70. The van der Waals surface area contributed by atoms with E-state index >= 15 is 0 Å². The summed E-state index contributed by atoms with van der Waals surface area (Å²) < 4.78 is 87.5. The fourth-order valence-electron chi connectivity index (χ4n) is 4.93. The van der Waals surface area contributed by atoms with E-state index < -0.39 is 41.3 Å². The molecule has 0 unspecified atom stereocenters.